The van der Waals surface area contributed by atoms with Crippen LogP contribution >= 0.6 is 0 Å². The molecule has 1 unspecified atom stereocenters. The number of hydrogen-bond donors (Lipinski definition) is 2. The first kappa shape index (κ1) is 13.5. The van der Waals surface area contributed by atoms with Gasteiger partial charge < -0.3 is 10.4 Å². The lowest BCUT2D eigenvalue weighted by Gasteiger charge is -2.10. The van der Waals surface area contributed by atoms with Gasteiger partial charge in [0.25, 0.3) is 0 Å². The molecule has 1 amide bonds. The summed E-state index contributed by atoms with van der Waals surface area (Å²) in [6, 6.07) is 7.69. The smallest absolute Gasteiger partial charge is 0.220 e. The van der Waals surface area contributed by atoms with Crippen molar-refractivity contribution in [2.24, 2.45) is 0 Å². The number of hydrogen-bond acceptors (Lipinski definition) is 2. The lowest BCUT2D eigenvalue weighted by Crippen LogP contribution is -2.23. The van der Waals surface area contributed by atoms with Gasteiger partial charge in [0.2, 0.25) is 5.91 Å². The van der Waals surface area contributed by atoms with Gasteiger partial charge in [-0.1, -0.05) is 35.9 Å². The number of aliphatic hydroxyl groups is 1. The molecule has 17 heavy (non-hydrogen) atoms. The minimum atomic E-state index is -0.579. The minimum Gasteiger partial charge on any atom is -0.388 e. The van der Waals surface area contributed by atoms with E-state index < -0.39 is 6.10 Å². The highest BCUT2D eigenvalue weighted by atomic mass is 16.3. The van der Waals surface area contributed by atoms with Gasteiger partial charge in [-0.2, -0.15) is 0 Å². The lowest BCUT2D eigenvalue weighted by atomic mass is 10.0. The lowest BCUT2D eigenvalue weighted by molar-refractivity contribution is -0.121. The highest BCUT2D eigenvalue weighted by Gasteiger charge is 2.09. The van der Waals surface area contributed by atoms with Crippen LogP contribution in [0.1, 0.15) is 30.1 Å². The van der Waals surface area contributed by atoms with E-state index in [4.69, 9.17) is 0 Å². The molecule has 0 fully saturated rings. The molecule has 0 aliphatic rings. The van der Waals surface area contributed by atoms with E-state index in [1.54, 1.807) is 6.08 Å². The third-order valence-corrected chi connectivity index (χ3v) is 2.55. The summed E-state index contributed by atoms with van der Waals surface area (Å²) in [6.07, 6.45) is 1.81. The maximum absolute atomic E-state index is 11.3. The summed E-state index contributed by atoms with van der Waals surface area (Å²) < 4.78 is 0. The predicted octanol–water partition coefficient (Wildman–Crippen LogP) is 2.11. The van der Waals surface area contributed by atoms with Gasteiger partial charge >= 0.3 is 0 Å². The van der Waals surface area contributed by atoms with Gasteiger partial charge in [0.1, 0.15) is 0 Å². The van der Waals surface area contributed by atoms with Gasteiger partial charge in [0.15, 0.2) is 0 Å². The SMILES string of the molecule is C=CCNC(=O)CCC(O)c1ccc(C)cc1. The van der Waals surface area contributed by atoms with E-state index in [0.717, 1.165) is 11.1 Å². The third-order valence-electron chi connectivity index (χ3n) is 2.55. The summed E-state index contributed by atoms with van der Waals surface area (Å²) in [5.74, 6) is -0.0592. The zero-order valence-corrected chi connectivity index (χ0v) is 10.1. The molecule has 3 heteroatoms. The van der Waals surface area contributed by atoms with Crippen molar-refractivity contribution in [3.63, 3.8) is 0 Å². The fourth-order valence-corrected chi connectivity index (χ4v) is 1.50. The van der Waals surface area contributed by atoms with Crippen molar-refractivity contribution < 1.29 is 9.90 Å². The minimum absolute atomic E-state index is 0.0592. The third kappa shape index (κ3) is 4.83. The Balaban J connectivity index is 2.39. The van der Waals surface area contributed by atoms with Gasteiger partial charge in [0, 0.05) is 13.0 Å². The number of nitrogens with one attached hydrogen (secondary N) is 1. The Hall–Kier alpha value is -1.61. The molecule has 2 N–H and O–H groups in total. The first-order chi connectivity index (χ1) is 8.13. The second kappa shape index (κ2) is 6.86. The standard InChI is InChI=1S/C14H19NO2/c1-3-10-15-14(17)9-8-13(16)12-6-4-11(2)5-7-12/h3-7,13,16H,1,8-10H2,2H3,(H,15,17). The molecule has 0 heterocycles. The molecule has 1 aromatic carbocycles. The molecule has 0 saturated carbocycles. The molecule has 0 aromatic heterocycles. The Morgan fingerprint density at radius 2 is 2.12 bits per heavy atom. The van der Waals surface area contributed by atoms with E-state index in [-0.39, 0.29) is 5.91 Å². The molecular weight excluding hydrogens is 214 g/mol. The Kier molecular flexibility index (Phi) is 5.43. The van der Waals surface area contributed by atoms with Crippen molar-refractivity contribution in [2.75, 3.05) is 6.54 Å². The number of carbonyl (C=O) groups is 1. The summed E-state index contributed by atoms with van der Waals surface area (Å²) in [6.45, 7) is 5.99. The summed E-state index contributed by atoms with van der Waals surface area (Å²) in [5.41, 5.74) is 2.01. The first-order valence-electron chi connectivity index (χ1n) is 5.75. The number of amides is 1. The molecule has 0 aliphatic heterocycles. The molecule has 92 valence electrons. The van der Waals surface area contributed by atoms with Crippen molar-refractivity contribution in [1.29, 1.82) is 0 Å². The molecule has 0 bridgehead atoms. The Morgan fingerprint density at radius 1 is 1.47 bits per heavy atom. The zero-order valence-electron chi connectivity index (χ0n) is 10.1. The number of aliphatic hydroxyl groups excluding tert-OH is 1. The zero-order chi connectivity index (χ0) is 12.7. The Bertz CT molecular complexity index is 370. The van der Waals surface area contributed by atoms with E-state index in [1.807, 2.05) is 31.2 Å². The van der Waals surface area contributed by atoms with Gasteiger partial charge in [0.05, 0.1) is 6.10 Å². The van der Waals surface area contributed by atoms with Crippen LogP contribution in [0.3, 0.4) is 0 Å². The summed E-state index contributed by atoms with van der Waals surface area (Å²) in [4.78, 5) is 11.3. The fourth-order valence-electron chi connectivity index (χ4n) is 1.50. The van der Waals surface area contributed by atoms with Crippen LogP contribution in [0, 0.1) is 6.92 Å². The fraction of sp³-hybridized carbons (Fsp3) is 0.357. The molecule has 3 nitrogen and oxygen atoms in total. The molecule has 0 aliphatic carbocycles. The van der Waals surface area contributed by atoms with Crippen LogP contribution < -0.4 is 5.32 Å². The van der Waals surface area contributed by atoms with Crippen molar-refractivity contribution >= 4 is 5.91 Å². The summed E-state index contributed by atoms with van der Waals surface area (Å²) in [7, 11) is 0. The van der Waals surface area contributed by atoms with Gasteiger partial charge in [-0.05, 0) is 18.9 Å². The van der Waals surface area contributed by atoms with Crippen molar-refractivity contribution in [2.45, 2.75) is 25.9 Å². The van der Waals surface area contributed by atoms with Crippen LogP contribution in [-0.2, 0) is 4.79 Å². The Labute approximate surface area is 102 Å². The number of benzene rings is 1. The van der Waals surface area contributed by atoms with Crippen LogP contribution in [-0.4, -0.2) is 17.6 Å². The highest BCUT2D eigenvalue weighted by molar-refractivity contribution is 5.76. The topological polar surface area (TPSA) is 49.3 Å². The van der Waals surface area contributed by atoms with Crippen LogP contribution in [0.15, 0.2) is 36.9 Å². The van der Waals surface area contributed by atoms with Crippen molar-refractivity contribution in [3.05, 3.63) is 48.0 Å². The number of aryl methyl sites for hydroxylation is 1. The molecule has 1 atom stereocenters. The number of carbonyl (C=O) groups excluding carboxylic acids is 1. The predicted molar refractivity (Wildman–Crippen MR) is 68.6 cm³/mol. The first-order valence-corrected chi connectivity index (χ1v) is 5.75. The van der Waals surface area contributed by atoms with Crippen LogP contribution in [0.5, 0.6) is 0 Å². The molecule has 0 radical (unpaired) electrons. The monoisotopic (exact) mass is 233 g/mol. The molecule has 1 rings (SSSR count). The van der Waals surface area contributed by atoms with E-state index in [2.05, 4.69) is 11.9 Å². The maximum atomic E-state index is 11.3. The second-order valence-electron chi connectivity index (χ2n) is 4.06. The highest BCUT2D eigenvalue weighted by Crippen LogP contribution is 2.18. The summed E-state index contributed by atoms with van der Waals surface area (Å²) in [5, 5.41) is 12.6. The van der Waals surface area contributed by atoms with Gasteiger partial charge in [-0.3, -0.25) is 4.79 Å². The average molecular weight is 233 g/mol. The van der Waals surface area contributed by atoms with E-state index >= 15 is 0 Å². The largest absolute Gasteiger partial charge is 0.388 e. The van der Waals surface area contributed by atoms with Crippen molar-refractivity contribution in [3.8, 4) is 0 Å². The quantitative estimate of drug-likeness (QED) is 0.739. The van der Waals surface area contributed by atoms with Crippen molar-refractivity contribution in [1.82, 2.24) is 5.32 Å². The van der Waals surface area contributed by atoms with Crippen LogP contribution in [0.2, 0.25) is 0 Å². The Morgan fingerprint density at radius 3 is 2.71 bits per heavy atom. The van der Waals surface area contributed by atoms with E-state index in [1.165, 1.54) is 0 Å². The molecule has 1 aromatic rings. The van der Waals surface area contributed by atoms with Crippen LogP contribution in [0.25, 0.3) is 0 Å². The normalized spacial score (nSPS) is 11.9. The number of rotatable bonds is 6. The van der Waals surface area contributed by atoms with Gasteiger partial charge in [-0.15, -0.1) is 6.58 Å². The van der Waals surface area contributed by atoms with Gasteiger partial charge in [-0.25, -0.2) is 0 Å². The molecule has 0 saturated heterocycles. The van der Waals surface area contributed by atoms with Crippen LogP contribution in [0.4, 0.5) is 0 Å². The molecular formula is C14H19NO2. The van der Waals surface area contributed by atoms with E-state index in [9.17, 15) is 9.90 Å². The average Bonchev–Trinajstić information content (AvgIpc) is 2.34. The maximum Gasteiger partial charge on any atom is 0.220 e. The second-order valence-corrected chi connectivity index (χ2v) is 4.06. The molecule has 0 spiro atoms. The van der Waals surface area contributed by atoms with E-state index in [0.29, 0.717) is 19.4 Å². The summed E-state index contributed by atoms with van der Waals surface area (Å²) >= 11 is 0.